The van der Waals surface area contributed by atoms with Gasteiger partial charge in [-0.05, 0) is 74.3 Å². The van der Waals surface area contributed by atoms with E-state index in [1.165, 1.54) is 0 Å². The van der Waals surface area contributed by atoms with Crippen molar-refractivity contribution < 1.29 is 14.7 Å². The number of likely N-dealkylation sites (N-methyl/N-ethyl adjacent to an activating group) is 1. The van der Waals surface area contributed by atoms with Crippen LogP contribution in [-0.2, 0) is 11.2 Å². The number of halogens is 1. The van der Waals surface area contributed by atoms with E-state index >= 15 is 0 Å². The molecule has 0 atom stereocenters. The maximum atomic E-state index is 13.1. The molecular weight excluding hydrogens is 488 g/mol. The molecule has 1 saturated heterocycles. The third-order valence-corrected chi connectivity index (χ3v) is 7.56. The summed E-state index contributed by atoms with van der Waals surface area (Å²) < 4.78 is 0. The fourth-order valence-corrected chi connectivity index (χ4v) is 5.45. The van der Waals surface area contributed by atoms with Crippen LogP contribution in [-0.4, -0.2) is 71.5 Å². The van der Waals surface area contributed by atoms with E-state index in [1.807, 2.05) is 48.5 Å². The van der Waals surface area contributed by atoms with Crippen LogP contribution in [0.25, 0.3) is 22.8 Å². The number of benzene rings is 2. The van der Waals surface area contributed by atoms with Crippen molar-refractivity contribution in [1.82, 2.24) is 14.8 Å². The molecule has 3 aromatic rings. The molecule has 0 unspecified atom stereocenters. The van der Waals surface area contributed by atoms with Crippen LogP contribution in [0.1, 0.15) is 39.3 Å². The quantitative estimate of drug-likeness (QED) is 0.382. The largest absolute Gasteiger partial charge is 0.478 e. The van der Waals surface area contributed by atoms with E-state index in [9.17, 15) is 14.7 Å². The number of aromatic nitrogens is 1. The summed E-state index contributed by atoms with van der Waals surface area (Å²) in [6.45, 7) is 6.83. The van der Waals surface area contributed by atoms with Crippen LogP contribution in [0.2, 0.25) is 5.02 Å². The second kappa shape index (κ2) is 10.5. The summed E-state index contributed by atoms with van der Waals surface area (Å²) in [5.41, 5.74) is 6.24. The van der Waals surface area contributed by atoms with Gasteiger partial charge in [0.05, 0.1) is 11.1 Å². The third kappa shape index (κ3) is 5.21. The number of nitrogens with zero attached hydrogens (tertiary/aromatic N) is 2. The standard InChI is InChI=1S/C29H31ClN4O3/c1-18-26(29(36)37)22(6-4-12-34-15-13-33(2)14-16-34)25(31-18)17-23-27-21(19-8-10-20(30)11-9-19)5-3-7-24(27)32-28(23)35/h3,5,7-11,17,31H,4,6,12-16H2,1-2H3,(H,32,35)(H,36,37). The molecule has 3 heterocycles. The maximum absolute atomic E-state index is 13.1. The molecule has 5 rings (SSSR count). The molecule has 0 bridgehead atoms. The number of hydrogen-bond donors (Lipinski definition) is 3. The molecule has 8 heteroatoms. The van der Waals surface area contributed by atoms with Crippen molar-refractivity contribution >= 4 is 40.8 Å². The molecule has 1 fully saturated rings. The van der Waals surface area contributed by atoms with E-state index in [-0.39, 0.29) is 5.91 Å². The van der Waals surface area contributed by atoms with E-state index in [1.54, 1.807) is 6.92 Å². The molecule has 192 valence electrons. The number of amides is 1. The fraction of sp³-hybridized carbons (Fsp3) is 0.310. The van der Waals surface area contributed by atoms with Gasteiger partial charge in [0.1, 0.15) is 0 Å². The van der Waals surface area contributed by atoms with E-state index in [4.69, 9.17) is 11.6 Å². The number of aryl methyl sites for hydroxylation is 1. The molecular formula is C29H31ClN4O3. The first-order valence-electron chi connectivity index (χ1n) is 12.6. The van der Waals surface area contributed by atoms with Crippen molar-refractivity contribution in [2.75, 3.05) is 45.1 Å². The average molecular weight is 519 g/mol. The Morgan fingerprint density at radius 3 is 2.54 bits per heavy atom. The minimum Gasteiger partial charge on any atom is -0.478 e. The highest BCUT2D eigenvalue weighted by Crippen LogP contribution is 2.41. The Morgan fingerprint density at radius 1 is 1.11 bits per heavy atom. The lowest BCUT2D eigenvalue weighted by Crippen LogP contribution is -2.44. The van der Waals surface area contributed by atoms with Gasteiger partial charge in [-0.2, -0.15) is 0 Å². The Hall–Kier alpha value is -3.39. The van der Waals surface area contributed by atoms with Gasteiger partial charge in [0.15, 0.2) is 0 Å². The van der Waals surface area contributed by atoms with E-state index in [2.05, 4.69) is 27.1 Å². The normalized spacial score (nSPS) is 17.3. The number of piperazine rings is 1. The van der Waals surface area contributed by atoms with Gasteiger partial charge in [-0.1, -0.05) is 35.9 Å². The Bertz CT molecular complexity index is 1370. The third-order valence-electron chi connectivity index (χ3n) is 7.31. The zero-order valence-electron chi connectivity index (χ0n) is 21.1. The van der Waals surface area contributed by atoms with Gasteiger partial charge in [-0.3, -0.25) is 4.79 Å². The number of hydrogen-bond acceptors (Lipinski definition) is 4. The zero-order chi connectivity index (χ0) is 26.1. The Labute approximate surface area is 221 Å². The summed E-state index contributed by atoms with van der Waals surface area (Å²) in [5, 5.41) is 13.6. The molecule has 0 aliphatic carbocycles. The van der Waals surface area contributed by atoms with E-state index < -0.39 is 5.97 Å². The van der Waals surface area contributed by atoms with E-state index in [0.717, 1.165) is 67.1 Å². The second-order valence-corrected chi connectivity index (χ2v) is 10.3. The molecule has 1 aromatic heterocycles. The highest BCUT2D eigenvalue weighted by Gasteiger charge is 2.29. The number of aromatic amines is 1. The zero-order valence-corrected chi connectivity index (χ0v) is 21.9. The van der Waals surface area contributed by atoms with Crippen LogP contribution < -0.4 is 5.32 Å². The van der Waals surface area contributed by atoms with Crippen molar-refractivity contribution in [2.45, 2.75) is 19.8 Å². The first-order chi connectivity index (χ1) is 17.8. The van der Waals surface area contributed by atoms with Crippen LogP contribution >= 0.6 is 11.6 Å². The number of carboxylic acid groups (broad SMARTS) is 1. The molecule has 0 saturated carbocycles. The molecule has 7 nitrogen and oxygen atoms in total. The average Bonchev–Trinajstić information content (AvgIpc) is 3.36. The highest BCUT2D eigenvalue weighted by molar-refractivity contribution is 6.36. The molecule has 3 N–H and O–H groups in total. The van der Waals surface area contributed by atoms with Crippen LogP contribution in [0.5, 0.6) is 0 Å². The van der Waals surface area contributed by atoms with Gasteiger partial charge in [0.2, 0.25) is 0 Å². The summed E-state index contributed by atoms with van der Waals surface area (Å²) in [6, 6.07) is 13.3. The number of fused-ring (bicyclic) bond motifs is 1. The highest BCUT2D eigenvalue weighted by atomic mass is 35.5. The minimum atomic E-state index is -0.953. The lowest BCUT2D eigenvalue weighted by molar-refractivity contribution is -0.110. The van der Waals surface area contributed by atoms with Crippen LogP contribution in [0, 0.1) is 6.92 Å². The number of aromatic carboxylic acids is 1. The minimum absolute atomic E-state index is 0.205. The number of anilines is 1. The fourth-order valence-electron chi connectivity index (χ4n) is 5.33. The first kappa shape index (κ1) is 25.3. The van der Waals surface area contributed by atoms with Crippen LogP contribution in [0.4, 0.5) is 5.69 Å². The van der Waals surface area contributed by atoms with Crippen molar-refractivity contribution in [2.24, 2.45) is 0 Å². The molecule has 0 spiro atoms. The summed E-state index contributed by atoms with van der Waals surface area (Å²) >= 11 is 6.10. The number of carbonyl (C=O) groups excluding carboxylic acids is 1. The molecule has 1 amide bonds. The van der Waals surface area contributed by atoms with Gasteiger partial charge in [0.25, 0.3) is 5.91 Å². The van der Waals surface area contributed by atoms with Crippen molar-refractivity contribution in [3.05, 3.63) is 75.6 Å². The Kier molecular flexibility index (Phi) is 7.20. The summed E-state index contributed by atoms with van der Waals surface area (Å²) in [6.07, 6.45) is 3.27. The topological polar surface area (TPSA) is 88.7 Å². The molecule has 0 radical (unpaired) electrons. The van der Waals surface area contributed by atoms with Gasteiger partial charge in [-0.15, -0.1) is 0 Å². The maximum Gasteiger partial charge on any atom is 0.337 e. The van der Waals surface area contributed by atoms with E-state index in [0.29, 0.717) is 34.0 Å². The SMILES string of the molecule is Cc1[nH]c(C=C2C(=O)Nc3cccc(-c4ccc(Cl)cc4)c32)c(CCCN2CCN(C)CC2)c1C(=O)O. The van der Waals surface area contributed by atoms with Gasteiger partial charge in [0, 0.05) is 53.8 Å². The van der Waals surface area contributed by atoms with Crippen molar-refractivity contribution in [1.29, 1.82) is 0 Å². The second-order valence-electron chi connectivity index (χ2n) is 9.82. The number of nitrogens with one attached hydrogen (secondary N) is 2. The van der Waals surface area contributed by atoms with Gasteiger partial charge >= 0.3 is 5.97 Å². The molecule has 2 aliphatic heterocycles. The number of carbonyl (C=O) groups is 2. The Balaban J connectivity index is 1.50. The summed E-state index contributed by atoms with van der Waals surface area (Å²) in [4.78, 5) is 33.3. The predicted octanol–water partition coefficient (Wildman–Crippen LogP) is 5.01. The van der Waals surface area contributed by atoms with Crippen LogP contribution in [0.15, 0.2) is 42.5 Å². The summed E-state index contributed by atoms with van der Waals surface area (Å²) in [7, 11) is 2.13. The molecule has 37 heavy (non-hydrogen) atoms. The lowest BCUT2D eigenvalue weighted by Gasteiger charge is -2.32. The monoisotopic (exact) mass is 518 g/mol. The van der Waals surface area contributed by atoms with Crippen molar-refractivity contribution in [3.8, 4) is 11.1 Å². The predicted molar refractivity (Wildman–Crippen MR) is 148 cm³/mol. The summed E-state index contributed by atoms with van der Waals surface area (Å²) in [5.74, 6) is -1.16. The van der Waals surface area contributed by atoms with Gasteiger partial charge < -0.3 is 25.2 Å². The first-order valence-corrected chi connectivity index (χ1v) is 13.0. The molecule has 2 aliphatic rings. The number of rotatable bonds is 7. The van der Waals surface area contributed by atoms with Gasteiger partial charge in [-0.25, -0.2) is 4.79 Å². The van der Waals surface area contributed by atoms with Crippen molar-refractivity contribution in [3.63, 3.8) is 0 Å². The Morgan fingerprint density at radius 2 is 1.84 bits per heavy atom. The number of carboxylic acids is 1. The lowest BCUT2D eigenvalue weighted by atomic mass is 9.93. The van der Waals surface area contributed by atoms with Crippen LogP contribution in [0.3, 0.4) is 0 Å². The molecule has 2 aromatic carbocycles. The smallest absolute Gasteiger partial charge is 0.337 e. The number of H-pyrrole nitrogens is 1.